The number of hydrogen-bond donors (Lipinski definition) is 0. The summed E-state index contributed by atoms with van der Waals surface area (Å²) >= 11 is 0. The minimum absolute atomic E-state index is 0.446. The first kappa shape index (κ1) is 35.9. The molecule has 13 aromatic rings. The Morgan fingerprint density at radius 1 is 0.273 bits per heavy atom. The van der Waals surface area contributed by atoms with E-state index in [0.717, 1.165) is 0 Å². The van der Waals surface area contributed by atoms with Gasteiger partial charge in [0.1, 0.15) is 0 Å². The zero-order valence-corrected chi connectivity index (χ0v) is 36.0. The van der Waals surface area contributed by atoms with Crippen LogP contribution < -0.4 is 0 Å². The Kier molecular flexibility index (Phi) is 7.21. The van der Waals surface area contributed by atoms with Crippen LogP contribution in [0.5, 0.6) is 0 Å². The van der Waals surface area contributed by atoms with E-state index >= 15 is 0 Å². The predicted molar refractivity (Wildman–Crippen MR) is 278 cm³/mol. The Bertz CT molecular complexity index is 4120. The van der Waals surface area contributed by atoms with Gasteiger partial charge in [0.25, 0.3) is 0 Å². The summed E-state index contributed by atoms with van der Waals surface area (Å²) in [6.07, 6.45) is 0. The molecule has 0 unspecified atom stereocenters. The van der Waals surface area contributed by atoms with Gasteiger partial charge in [-0.1, -0.05) is 200 Å². The van der Waals surface area contributed by atoms with Crippen LogP contribution in [0.25, 0.3) is 115 Å². The summed E-state index contributed by atoms with van der Waals surface area (Å²) in [5.74, 6) is 0. The quantitative estimate of drug-likeness (QED) is 0.156. The first-order chi connectivity index (χ1) is 32.8. The van der Waals surface area contributed by atoms with Crippen LogP contribution in [-0.2, 0) is 5.41 Å². The molecule has 0 saturated heterocycles. The van der Waals surface area contributed by atoms with Gasteiger partial charge in [0, 0.05) is 16.5 Å². The fourth-order valence-corrected chi connectivity index (χ4v) is 12.6. The SMILES string of the molecule is c1ccc(-n2c3ccccc3c3cc(-c4c5ccccc5c(-c5ccc6c7c(ccc6c5)-c5c(ccc6ccccc56)C75c6ccccc6-c6ccccc65)c5ccccc45)ccc32)cc1. The Morgan fingerprint density at radius 3 is 1.50 bits per heavy atom. The van der Waals surface area contributed by atoms with E-state index in [9.17, 15) is 0 Å². The molecule has 1 nitrogen and oxygen atoms in total. The number of fused-ring (bicyclic) bond motifs is 19. The van der Waals surface area contributed by atoms with E-state index in [2.05, 4.69) is 241 Å². The number of para-hydroxylation sites is 2. The minimum Gasteiger partial charge on any atom is -0.309 e. The van der Waals surface area contributed by atoms with Crippen molar-refractivity contribution >= 4 is 64.9 Å². The second-order valence-corrected chi connectivity index (χ2v) is 18.2. The van der Waals surface area contributed by atoms with E-state index in [-0.39, 0.29) is 0 Å². The molecule has 0 saturated carbocycles. The lowest BCUT2D eigenvalue weighted by Crippen LogP contribution is -2.26. The van der Waals surface area contributed by atoms with Crippen molar-refractivity contribution in [2.45, 2.75) is 5.41 Å². The third kappa shape index (κ3) is 4.59. The van der Waals surface area contributed by atoms with E-state index in [1.165, 1.54) is 137 Å². The molecule has 1 heterocycles. The molecule has 0 N–H and O–H groups in total. The van der Waals surface area contributed by atoms with Gasteiger partial charge in [0.15, 0.2) is 0 Å². The normalized spacial score (nSPS) is 13.3. The fourth-order valence-electron chi connectivity index (χ4n) is 12.6. The van der Waals surface area contributed by atoms with Crippen molar-refractivity contribution < 1.29 is 0 Å². The van der Waals surface area contributed by atoms with Gasteiger partial charge >= 0.3 is 0 Å². The van der Waals surface area contributed by atoms with Gasteiger partial charge in [-0.2, -0.15) is 0 Å². The van der Waals surface area contributed by atoms with Gasteiger partial charge in [0.2, 0.25) is 0 Å². The lowest BCUT2D eigenvalue weighted by molar-refractivity contribution is 0.802. The molecule has 12 aromatic carbocycles. The van der Waals surface area contributed by atoms with Gasteiger partial charge in [-0.3, -0.25) is 0 Å². The van der Waals surface area contributed by atoms with Crippen LogP contribution >= 0.6 is 0 Å². The van der Waals surface area contributed by atoms with E-state index in [4.69, 9.17) is 0 Å². The third-order valence-corrected chi connectivity index (χ3v) is 15.1. The van der Waals surface area contributed by atoms with Crippen LogP contribution in [0.4, 0.5) is 0 Å². The average molecular weight is 834 g/mol. The molecule has 304 valence electrons. The van der Waals surface area contributed by atoms with Gasteiger partial charge in [0.05, 0.1) is 16.4 Å². The van der Waals surface area contributed by atoms with Crippen LogP contribution in [0, 0.1) is 0 Å². The van der Waals surface area contributed by atoms with E-state index in [0.29, 0.717) is 0 Å². The number of benzene rings is 12. The standard InChI is InChI=1S/C65H39N/c1-2-17-44(18-3-1)66-59-29-15-12-22-49(59)55-39-43(33-37-60(55)66)62-52-25-8-6-23-50(52)61(51-24-7-9-26-53(51)62)42-31-34-46-41(38-42)30-35-54-63-45-19-5-4-16-40(45)32-36-58(63)65(64(46)54)56-27-13-10-20-47(56)48-21-11-14-28-57(48)65/h1-39H. The van der Waals surface area contributed by atoms with Crippen molar-refractivity contribution in [1.82, 2.24) is 4.57 Å². The highest BCUT2D eigenvalue weighted by molar-refractivity contribution is 6.23. The molecule has 0 amide bonds. The van der Waals surface area contributed by atoms with Crippen LogP contribution in [0.1, 0.15) is 22.3 Å². The molecule has 0 fully saturated rings. The van der Waals surface area contributed by atoms with Gasteiger partial charge < -0.3 is 4.57 Å². The van der Waals surface area contributed by atoms with Gasteiger partial charge in [-0.25, -0.2) is 0 Å². The Hall–Kier alpha value is -8.52. The summed E-state index contributed by atoms with van der Waals surface area (Å²) in [5, 5.41) is 12.7. The lowest BCUT2D eigenvalue weighted by atomic mass is 9.69. The van der Waals surface area contributed by atoms with Crippen LogP contribution in [-0.4, -0.2) is 4.57 Å². The summed E-state index contributed by atoms with van der Waals surface area (Å²) < 4.78 is 2.40. The maximum atomic E-state index is 2.47. The summed E-state index contributed by atoms with van der Waals surface area (Å²) in [7, 11) is 0. The van der Waals surface area contributed by atoms with Crippen LogP contribution in [0.3, 0.4) is 0 Å². The van der Waals surface area contributed by atoms with Gasteiger partial charge in [-0.15, -0.1) is 0 Å². The number of nitrogens with zero attached hydrogens (tertiary/aromatic N) is 1. The molecule has 1 heteroatoms. The Labute approximate surface area is 382 Å². The highest BCUT2D eigenvalue weighted by Crippen LogP contribution is 2.65. The van der Waals surface area contributed by atoms with E-state index < -0.39 is 5.41 Å². The maximum absolute atomic E-state index is 2.47. The summed E-state index contributed by atoms with van der Waals surface area (Å²) in [6, 6.07) is 88.8. The maximum Gasteiger partial charge on any atom is 0.0731 e. The molecule has 0 atom stereocenters. The number of aromatic nitrogens is 1. The first-order valence-electron chi connectivity index (χ1n) is 23.1. The van der Waals surface area contributed by atoms with E-state index in [1.807, 2.05) is 0 Å². The van der Waals surface area contributed by atoms with Crippen molar-refractivity contribution in [2.75, 3.05) is 0 Å². The van der Waals surface area contributed by atoms with Crippen molar-refractivity contribution in [2.24, 2.45) is 0 Å². The average Bonchev–Trinajstić information content (AvgIpc) is 4.00. The molecule has 1 spiro atoms. The van der Waals surface area contributed by atoms with Crippen molar-refractivity contribution in [1.29, 1.82) is 0 Å². The summed E-state index contributed by atoms with van der Waals surface area (Å²) in [5.41, 5.74) is 19.0. The lowest BCUT2D eigenvalue weighted by Gasteiger charge is -2.31. The molecular formula is C65H39N. The third-order valence-electron chi connectivity index (χ3n) is 15.1. The summed E-state index contributed by atoms with van der Waals surface area (Å²) in [4.78, 5) is 0. The monoisotopic (exact) mass is 833 g/mol. The zero-order valence-electron chi connectivity index (χ0n) is 36.0. The topological polar surface area (TPSA) is 4.93 Å². The highest BCUT2D eigenvalue weighted by atomic mass is 15.0. The van der Waals surface area contributed by atoms with Crippen molar-refractivity contribution in [3.63, 3.8) is 0 Å². The largest absolute Gasteiger partial charge is 0.309 e. The molecule has 66 heavy (non-hydrogen) atoms. The van der Waals surface area contributed by atoms with Crippen molar-refractivity contribution in [3.05, 3.63) is 259 Å². The molecule has 0 aliphatic heterocycles. The van der Waals surface area contributed by atoms with Crippen molar-refractivity contribution in [3.8, 4) is 50.2 Å². The fraction of sp³-hybridized carbons (Fsp3) is 0.0154. The van der Waals surface area contributed by atoms with Crippen LogP contribution in [0.15, 0.2) is 237 Å². The zero-order chi connectivity index (χ0) is 43.1. The number of hydrogen-bond acceptors (Lipinski definition) is 0. The molecule has 0 radical (unpaired) electrons. The molecule has 2 aliphatic rings. The molecule has 15 rings (SSSR count). The Morgan fingerprint density at radius 2 is 0.803 bits per heavy atom. The van der Waals surface area contributed by atoms with Crippen LogP contribution in [0.2, 0.25) is 0 Å². The second-order valence-electron chi connectivity index (χ2n) is 18.2. The van der Waals surface area contributed by atoms with E-state index in [1.54, 1.807) is 0 Å². The molecule has 0 bridgehead atoms. The molecular weight excluding hydrogens is 795 g/mol. The Balaban J connectivity index is 0.979. The highest BCUT2D eigenvalue weighted by Gasteiger charge is 2.52. The number of rotatable bonds is 3. The second kappa shape index (κ2) is 13.3. The molecule has 2 aliphatic carbocycles. The summed E-state index contributed by atoms with van der Waals surface area (Å²) in [6.45, 7) is 0. The minimum atomic E-state index is -0.446. The van der Waals surface area contributed by atoms with Gasteiger partial charge in [-0.05, 0) is 146 Å². The first-order valence-corrected chi connectivity index (χ1v) is 23.1. The smallest absolute Gasteiger partial charge is 0.0731 e. The molecule has 1 aromatic heterocycles. The predicted octanol–water partition coefficient (Wildman–Crippen LogP) is 17.1.